The van der Waals surface area contributed by atoms with Gasteiger partial charge >= 0.3 is 0 Å². The highest BCUT2D eigenvalue weighted by Gasteiger charge is 2.52. The van der Waals surface area contributed by atoms with Crippen molar-refractivity contribution in [3.05, 3.63) is 21.9 Å². The number of halogens is 2. The monoisotopic (exact) mass is 311 g/mol. The molecule has 5 rings (SSSR count). The molecule has 1 nitrogen and oxygen atoms in total. The summed E-state index contributed by atoms with van der Waals surface area (Å²) >= 11 is 1.75. The first-order valence-electron chi connectivity index (χ1n) is 8.19. The Labute approximate surface area is 129 Å². The zero-order valence-corrected chi connectivity index (χ0v) is 13.1. The lowest BCUT2D eigenvalue weighted by atomic mass is 9.48. The minimum Gasteiger partial charge on any atom is -0.307 e. The first kappa shape index (κ1) is 14.1. The Morgan fingerprint density at radius 1 is 1.10 bits per heavy atom. The van der Waals surface area contributed by atoms with Crippen LogP contribution in [0.15, 0.2) is 10.8 Å². The van der Waals surface area contributed by atoms with Crippen LogP contribution in [0.3, 0.4) is 0 Å². The molecule has 4 bridgehead atoms. The minimum absolute atomic E-state index is 0.198. The van der Waals surface area contributed by atoms with Gasteiger partial charge in [-0.05, 0) is 83.6 Å². The highest BCUT2D eigenvalue weighted by Crippen LogP contribution is 2.61. The second kappa shape index (κ2) is 5.31. The van der Waals surface area contributed by atoms with Gasteiger partial charge in [-0.1, -0.05) is 0 Å². The van der Waals surface area contributed by atoms with Crippen molar-refractivity contribution in [1.82, 2.24) is 5.32 Å². The summed E-state index contributed by atoms with van der Waals surface area (Å²) in [7, 11) is 0. The highest BCUT2D eigenvalue weighted by atomic mass is 32.1. The van der Waals surface area contributed by atoms with E-state index in [0.29, 0.717) is 12.0 Å². The smallest absolute Gasteiger partial charge is 0.250 e. The third kappa shape index (κ3) is 2.55. The molecule has 0 saturated heterocycles. The Morgan fingerprint density at radius 2 is 1.71 bits per heavy atom. The van der Waals surface area contributed by atoms with Crippen molar-refractivity contribution in [2.75, 3.05) is 6.54 Å². The summed E-state index contributed by atoms with van der Waals surface area (Å²) < 4.78 is 24.6. The molecule has 4 heteroatoms. The zero-order chi connectivity index (χ0) is 14.4. The number of thiophene rings is 1. The van der Waals surface area contributed by atoms with E-state index < -0.39 is 6.43 Å². The topological polar surface area (TPSA) is 12.0 Å². The van der Waals surface area contributed by atoms with Gasteiger partial charge in [0.05, 0.1) is 6.54 Å². The third-order valence-corrected chi connectivity index (χ3v) is 6.76. The van der Waals surface area contributed by atoms with E-state index in [1.54, 1.807) is 11.3 Å². The molecule has 0 unspecified atom stereocenters. The molecular formula is C17H23F2NS. The maximum absolute atomic E-state index is 12.3. The molecule has 116 valence electrons. The van der Waals surface area contributed by atoms with Crippen LogP contribution in [0, 0.1) is 17.8 Å². The molecule has 1 heterocycles. The molecule has 1 aromatic rings. The van der Waals surface area contributed by atoms with Crippen LogP contribution in [0.25, 0.3) is 0 Å². The number of rotatable bonds is 5. The van der Waals surface area contributed by atoms with Crippen molar-refractivity contribution in [3.63, 3.8) is 0 Å². The summed E-state index contributed by atoms with van der Waals surface area (Å²) in [4.78, 5) is 0. The molecule has 0 spiro atoms. The van der Waals surface area contributed by atoms with Gasteiger partial charge in [-0.2, -0.15) is 11.3 Å². The van der Waals surface area contributed by atoms with Crippen LogP contribution in [0.1, 0.15) is 49.7 Å². The molecule has 1 aromatic heterocycles. The first-order chi connectivity index (χ1) is 10.1. The molecule has 0 aliphatic heterocycles. The lowest BCUT2D eigenvalue weighted by molar-refractivity contribution is -0.00542. The molecule has 0 radical (unpaired) electrons. The molecule has 4 aliphatic rings. The fraction of sp³-hybridized carbons (Fsp3) is 0.765. The van der Waals surface area contributed by atoms with Crippen LogP contribution in [-0.2, 0) is 12.0 Å². The van der Waals surface area contributed by atoms with E-state index in [1.165, 1.54) is 49.7 Å². The Kier molecular flexibility index (Phi) is 3.57. The maximum atomic E-state index is 12.3. The van der Waals surface area contributed by atoms with Crippen LogP contribution < -0.4 is 5.32 Å². The van der Waals surface area contributed by atoms with Crippen molar-refractivity contribution >= 4 is 11.3 Å². The van der Waals surface area contributed by atoms with Gasteiger partial charge in [0.15, 0.2) is 0 Å². The standard InChI is InChI=1S/C17H23F2NS/c18-16(19)8-20-7-14-9-21-10-15(14)17-4-11-1-12(5-17)3-13(2-11)6-17/h9-13,16,20H,1-8H2. The molecule has 0 atom stereocenters. The van der Waals surface area contributed by atoms with Crippen molar-refractivity contribution in [2.45, 2.75) is 56.9 Å². The number of hydrogen-bond acceptors (Lipinski definition) is 2. The lowest BCUT2D eigenvalue weighted by Crippen LogP contribution is -2.48. The second-order valence-corrected chi connectivity index (χ2v) is 8.27. The van der Waals surface area contributed by atoms with Crippen molar-refractivity contribution in [1.29, 1.82) is 0 Å². The van der Waals surface area contributed by atoms with E-state index in [0.717, 1.165) is 17.8 Å². The Morgan fingerprint density at radius 3 is 2.29 bits per heavy atom. The Hall–Kier alpha value is -0.480. The maximum Gasteiger partial charge on any atom is 0.250 e. The molecule has 4 fully saturated rings. The molecule has 4 aliphatic carbocycles. The van der Waals surface area contributed by atoms with E-state index in [9.17, 15) is 8.78 Å². The SMILES string of the molecule is FC(F)CNCc1cscc1C12CC3CC(CC(C3)C1)C2. The number of nitrogens with one attached hydrogen (secondary N) is 1. The summed E-state index contributed by atoms with van der Waals surface area (Å²) in [5, 5.41) is 7.40. The largest absolute Gasteiger partial charge is 0.307 e. The molecule has 21 heavy (non-hydrogen) atoms. The summed E-state index contributed by atoms with van der Waals surface area (Å²) in [5.74, 6) is 2.79. The fourth-order valence-electron chi connectivity index (χ4n) is 5.68. The van der Waals surface area contributed by atoms with Gasteiger partial charge in [0, 0.05) is 6.54 Å². The predicted molar refractivity (Wildman–Crippen MR) is 81.9 cm³/mol. The molecule has 1 N–H and O–H groups in total. The van der Waals surface area contributed by atoms with E-state index in [4.69, 9.17) is 0 Å². The van der Waals surface area contributed by atoms with Crippen LogP contribution >= 0.6 is 11.3 Å². The minimum atomic E-state index is -2.26. The van der Waals surface area contributed by atoms with Crippen molar-refractivity contribution in [3.8, 4) is 0 Å². The zero-order valence-electron chi connectivity index (χ0n) is 12.3. The highest BCUT2D eigenvalue weighted by molar-refractivity contribution is 7.08. The second-order valence-electron chi connectivity index (χ2n) is 7.53. The van der Waals surface area contributed by atoms with Crippen molar-refractivity contribution < 1.29 is 8.78 Å². The summed E-state index contributed by atoms with van der Waals surface area (Å²) in [6.07, 6.45) is 6.12. The van der Waals surface area contributed by atoms with Gasteiger partial charge in [0.1, 0.15) is 0 Å². The quantitative estimate of drug-likeness (QED) is 0.840. The van der Waals surface area contributed by atoms with Gasteiger partial charge < -0.3 is 5.32 Å². The van der Waals surface area contributed by atoms with Crippen molar-refractivity contribution in [2.24, 2.45) is 17.8 Å². The molecular weight excluding hydrogens is 288 g/mol. The fourth-order valence-corrected chi connectivity index (χ4v) is 6.66. The summed E-state index contributed by atoms with van der Waals surface area (Å²) in [5.41, 5.74) is 3.16. The van der Waals surface area contributed by atoms with Crippen LogP contribution in [0.2, 0.25) is 0 Å². The normalized spacial score (nSPS) is 37.6. The van der Waals surface area contributed by atoms with Crippen LogP contribution in [-0.4, -0.2) is 13.0 Å². The first-order valence-corrected chi connectivity index (χ1v) is 9.13. The van der Waals surface area contributed by atoms with E-state index in [-0.39, 0.29) is 6.54 Å². The predicted octanol–water partition coefficient (Wildman–Crippen LogP) is 4.57. The van der Waals surface area contributed by atoms with Gasteiger partial charge in [0.2, 0.25) is 0 Å². The van der Waals surface area contributed by atoms with Gasteiger partial charge in [-0.25, -0.2) is 8.78 Å². The van der Waals surface area contributed by atoms with E-state index in [2.05, 4.69) is 16.1 Å². The summed E-state index contributed by atoms with van der Waals surface area (Å²) in [6, 6.07) is 0. The summed E-state index contributed by atoms with van der Waals surface area (Å²) in [6.45, 7) is 0.404. The van der Waals surface area contributed by atoms with Gasteiger partial charge in [0.25, 0.3) is 6.43 Å². The Balaban J connectivity index is 1.55. The van der Waals surface area contributed by atoms with E-state index in [1.807, 2.05) is 0 Å². The van der Waals surface area contributed by atoms with Gasteiger partial charge in [-0.15, -0.1) is 0 Å². The lowest BCUT2D eigenvalue weighted by Gasteiger charge is -2.57. The van der Waals surface area contributed by atoms with Crippen LogP contribution in [0.4, 0.5) is 8.78 Å². The third-order valence-electron chi connectivity index (χ3n) is 5.97. The molecule has 4 saturated carbocycles. The molecule has 0 aromatic carbocycles. The molecule has 0 amide bonds. The van der Waals surface area contributed by atoms with E-state index >= 15 is 0 Å². The number of hydrogen-bond donors (Lipinski definition) is 1. The Bertz CT molecular complexity index is 475. The van der Waals surface area contributed by atoms with Crippen LogP contribution in [0.5, 0.6) is 0 Å². The average molecular weight is 311 g/mol. The van der Waals surface area contributed by atoms with Gasteiger partial charge in [-0.3, -0.25) is 0 Å². The number of alkyl halides is 2. The average Bonchev–Trinajstić information content (AvgIpc) is 2.85.